The van der Waals surface area contributed by atoms with E-state index in [0.29, 0.717) is 25.9 Å². The SMILES string of the molecule is CCN(CCNC(=O)C1CCN(S(=O)(=O)c2ccc(F)c(Cl)c2)CC1)c1cccc(C)c1. The van der Waals surface area contributed by atoms with E-state index >= 15 is 0 Å². The second-order valence-electron chi connectivity index (χ2n) is 7.96. The summed E-state index contributed by atoms with van der Waals surface area (Å²) in [7, 11) is -3.77. The molecule has 0 atom stereocenters. The molecular formula is C23H29ClFN3O3S. The van der Waals surface area contributed by atoms with E-state index in [2.05, 4.69) is 42.3 Å². The molecule has 0 aliphatic carbocycles. The van der Waals surface area contributed by atoms with Crippen LogP contribution in [0.1, 0.15) is 25.3 Å². The summed E-state index contributed by atoms with van der Waals surface area (Å²) in [4.78, 5) is 14.8. The van der Waals surface area contributed by atoms with Crippen LogP contribution in [0.15, 0.2) is 47.4 Å². The van der Waals surface area contributed by atoms with Crippen molar-refractivity contribution in [2.75, 3.05) is 37.6 Å². The van der Waals surface area contributed by atoms with Crippen LogP contribution in [0, 0.1) is 18.7 Å². The van der Waals surface area contributed by atoms with Crippen LogP contribution >= 0.6 is 11.6 Å². The lowest BCUT2D eigenvalue weighted by Gasteiger charge is -2.31. The molecule has 1 heterocycles. The molecular weight excluding hydrogens is 453 g/mol. The van der Waals surface area contributed by atoms with Gasteiger partial charge in [-0.2, -0.15) is 4.31 Å². The van der Waals surface area contributed by atoms with E-state index in [1.165, 1.54) is 15.9 Å². The Hall–Kier alpha value is -2.16. The average molecular weight is 482 g/mol. The van der Waals surface area contributed by atoms with Crippen molar-refractivity contribution < 1.29 is 17.6 Å². The lowest BCUT2D eigenvalue weighted by atomic mass is 9.97. The zero-order valence-corrected chi connectivity index (χ0v) is 19.9. The molecule has 1 aliphatic heterocycles. The zero-order chi connectivity index (χ0) is 23.3. The number of aryl methyl sites for hydroxylation is 1. The number of hydrogen-bond donors (Lipinski definition) is 1. The Kier molecular flexibility index (Phi) is 8.14. The van der Waals surface area contributed by atoms with Crippen LogP contribution in [0.3, 0.4) is 0 Å². The highest BCUT2D eigenvalue weighted by Gasteiger charge is 2.32. The lowest BCUT2D eigenvalue weighted by molar-refractivity contribution is -0.126. The van der Waals surface area contributed by atoms with Gasteiger partial charge >= 0.3 is 0 Å². The molecule has 1 aliphatic rings. The minimum Gasteiger partial charge on any atom is -0.370 e. The summed E-state index contributed by atoms with van der Waals surface area (Å²) in [5.74, 6) is -0.940. The maximum atomic E-state index is 13.4. The first-order chi connectivity index (χ1) is 15.2. The normalized spacial score (nSPS) is 15.5. The van der Waals surface area contributed by atoms with Gasteiger partial charge in [-0.25, -0.2) is 12.8 Å². The van der Waals surface area contributed by atoms with Crippen LogP contribution in [0.5, 0.6) is 0 Å². The highest BCUT2D eigenvalue weighted by atomic mass is 35.5. The van der Waals surface area contributed by atoms with E-state index in [9.17, 15) is 17.6 Å². The van der Waals surface area contributed by atoms with Crippen LogP contribution in [0.4, 0.5) is 10.1 Å². The van der Waals surface area contributed by atoms with Crippen molar-refractivity contribution in [3.05, 3.63) is 58.9 Å². The first kappa shape index (κ1) is 24.5. The number of benzene rings is 2. The molecule has 9 heteroatoms. The number of piperidine rings is 1. The third-order valence-corrected chi connectivity index (χ3v) is 7.97. The highest BCUT2D eigenvalue weighted by Crippen LogP contribution is 2.26. The number of amides is 1. The lowest BCUT2D eigenvalue weighted by Crippen LogP contribution is -2.44. The number of hydrogen-bond acceptors (Lipinski definition) is 4. The fourth-order valence-electron chi connectivity index (χ4n) is 3.90. The molecule has 3 rings (SSSR count). The molecule has 2 aromatic rings. The first-order valence-electron chi connectivity index (χ1n) is 10.8. The van der Waals surface area contributed by atoms with Crippen molar-refractivity contribution in [1.29, 1.82) is 0 Å². The summed E-state index contributed by atoms with van der Waals surface area (Å²) in [6.07, 6.45) is 0.880. The Bertz CT molecular complexity index is 1060. The predicted molar refractivity (Wildman–Crippen MR) is 125 cm³/mol. The molecule has 1 fully saturated rings. The minimum atomic E-state index is -3.77. The Balaban J connectivity index is 1.50. The molecule has 6 nitrogen and oxygen atoms in total. The van der Waals surface area contributed by atoms with Crippen LogP contribution < -0.4 is 10.2 Å². The van der Waals surface area contributed by atoms with Crippen LogP contribution in [-0.2, 0) is 14.8 Å². The van der Waals surface area contributed by atoms with Gasteiger partial charge in [0.15, 0.2) is 0 Å². The fraction of sp³-hybridized carbons (Fsp3) is 0.435. The van der Waals surface area contributed by atoms with Crippen LogP contribution in [0.2, 0.25) is 5.02 Å². The van der Waals surface area contributed by atoms with Crippen molar-refractivity contribution in [1.82, 2.24) is 9.62 Å². The predicted octanol–water partition coefficient (Wildman–Crippen LogP) is 3.83. The third kappa shape index (κ3) is 5.79. The monoisotopic (exact) mass is 481 g/mol. The summed E-state index contributed by atoms with van der Waals surface area (Å²) in [5.41, 5.74) is 2.32. The fourth-order valence-corrected chi connectivity index (χ4v) is 5.64. The number of nitrogens with one attached hydrogen (secondary N) is 1. The van der Waals surface area contributed by atoms with Crippen LogP contribution in [-0.4, -0.2) is 51.4 Å². The van der Waals surface area contributed by atoms with E-state index in [1.807, 2.05) is 6.07 Å². The molecule has 2 aromatic carbocycles. The van der Waals surface area contributed by atoms with Gasteiger partial charge in [0.2, 0.25) is 15.9 Å². The first-order valence-corrected chi connectivity index (χ1v) is 12.6. The maximum absolute atomic E-state index is 13.4. The Morgan fingerprint density at radius 3 is 2.56 bits per heavy atom. The number of anilines is 1. The van der Waals surface area contributed by atoms with E-state index in [-0.39, 0.29) is 34.8 Å². The largest absolute Gasteiger partial charge is 0.370 e. The molecule has 1 N–H and O–H groups in total. The van der Waals surface area contributed by atoms with E-state index in [1.54, 1.807) is 0 Å². The summed E-state index contributed by atoms with van der Waals surface area (Å²) in [5, 5.41) is 2.76. The third-order valence-electron chi connectivity index (χ3n) is 5.78. The molecule has 0 radical (unpaired) electrons. The number of likely N-dealkylation sites (N-methyl/N-ethyl adjacent to an activating group) is 1. The number of sulfonamides is 1. The van der Waals surface area contributed by atoms with Gasteiger partial charge in [0, 0.05) is 44.3 Å². The van der Waals surface area contributed by atoms with Gasteiger partial charge in [-0.1, -0.05) is 23.7 Å². The topological polar surface area (TPSA) is 69.7 Å². The Morgan fingerprint density at radius 1 is 1.22 bits per heavy atom. The quantitative estimate of drug-likeness (QED) is 0.622. The molecule has 0 saturated carbocycles. The van der Waals surface area contributed by atoms with Gasteiger partial charge in [0.25, 0.3) is 0 Å². The summed E-state index contributed by atoms with van der Waals surface area (Å²) >= 11 is 5.74. The van der Waals surface area contributed by atoms with Crippen molar-refractivity contribution >= 4 is 33.2 Å². The molecule has 174 valence electrons. The Labute approximate surface area is 194 Å². The van der Waals surface area contributed by atoms with Crippen molar-refractivity contribution in [3.63, 3.8) is 0 Å². The number of carbonyl (C=O) groups excluding carboxylic acids is 1. The van der Waals surface area contributed by atoms with E-state index in [4.69, 9.17) is 11.6 Å². The summed E-state index contributed by atoms with van der Waals surface area (Å²) in [6.45, 7) is 6.66. The van der Waals surface area contributed by atoms with Gasteiger partial charge in [0.05, 0.1) is 9.92 Å². The molecule has 0 bridgehead atoms. The second-order valence-corrected chi connectivity index (χ2v) is 10.3. The van der Waals surface area contributed by atoms with Crippen molar-refractivity contribution in [2.45, 2.75) is 31.6 Å². The van der Waals surface area contributed by atoms with Crippen molar-refractivity contribution in [2.24, 2.45) is 5.92 Å². The smallest absolute Gasteiger partial charge is 0.243 e. The van der Waals surface area contributed by atoms with E-state index < -0.39 is 15.8 Å². The molecule has 0 aromatic heterocycles. The Morgan fingerprint density at radius 2 is 1.94 bits per heavy atom. The zero-order valence-electron chi connectivity index (χ0n) is 18.4. The van der Waals surface area contributed by atoms with E-state index in [0.717, 1.165) is 24.4 Å². The number of carbonyl (C=O) groups is 1. The van der Waals surface area contributed by atoms with Crippen LogP contribution in [0.25, 0.3) is 0 Å². The molecule has 1 amide bonds. The van der Waals surface area contributed by atoms with Crippen molar-refractivity contribution in [3.8, 4) is 0 Å². The summed E-state index contributed by atoms with van der Waals surface area (Å²) < 4.78 is 40.3. The number of halogens is 2. The molecule has 1 saturated heterocycles. The molecule has 32 heavy (non-hydrogen) atoms. The van der Waals surface area contributed by atoms with Gasteiger partial charge in [0.1, 0.15) is 5.82 Å². The highest BCUT2D eigenvalue weighted by molar-refractivity contribution is 7.89. The molecule has 0 spiro atoms. The summed E-state index contributed by atoms with van der Waals surface area (Å²) in [6, 6.07) is 11.6. The standard InChI is InChI=1S/C23H29ClFN3O3S/c1-3-27(19-6-4-5-17(2)15-19)14-11-26-23(29)18-9-12-28(13-10-18)32(30,31)20-7-8-22(25)21(24)16-20/h4-8,15-16,18H,3,9-14H2,1-2H3,(H,26,29). The van der Waals surface area contributed by atoms with Gasteiger partial charge < -0.3 is 10.2 Å². The van der Waals surface area contributed by atoms with Gasteiger partial charge in [-0.3, -0.25) is 4.79 Å². The average Bonchev–Trinajstić information content (AvgIpc) is 2.78. The number of rotatable bonds is 8. The minimum absolute atomic E-state index is 0.0393. The maximum Gasteiger partial charge on any atom is 0.243 e. The van der Waals surface area contributed by atoms with Gasteiger partial charge in [-0.15, -0.1) is 0 Å². The van der Waals surface area contributed by atoms with Gasteiger partial charge in [-0.05, 0) is 62.6 Å². The molecule has 0 unspecified atom stereocenters. The second kappa shape index (κ2) is 10.6. The number of nitrogens with zero attached hydrogens (tertiary/aromatic N) is 2.